The predicted molar refractivity (Wildman–Crippen MR) is 261 cm³/mol. The number of nitrogens with zero attached hydrogens (tertiary/aromatic N) is 1. The number of benzene rings is 9. The molecule has 1 aromatic heterocycles. The van der Waals surface area contributed by atoms with Gasteiger partial charge in [0.05, 0.1) is 11.0 Å². The lowest BCUT2D eigenvalue weighted by Crippen LogP contribution is -1.96. The summed E-state index contributed by atoms with van der Waals surface area (Å²) in [4.78, 5) is 0. The van der Waals surface area contributed by atoms with E-state index in [9.17, 15) is 20.4 Å². The molecule has 0 aliphatic carbocycles. The molecular weight excluding hydrogens is 775 g/mol. The molecule has 0 saturated heterocycles. The standard InChI is InChI=1S/C43H31N.C8H10O4.C7H8/c1-30-13-12-18-33(25-30)38-19-8-9-20-39(38)34-23-24-41-40-21-10-11-22-42(40)44(43(41)29-34)37-27-35(31-14-4-2-5-15-31)26-36(28-37)32-16-6-3-7-17-32;1-3-5(9)7(11)4(2)8(12)6(3)10;1-7-5-3-2-4-6-7/h2-29H,1H3;9-12H,1-2H3;2-6H,1H3. The second-order valence-corrected chi connectivity index (χ2v) is 15.8. The van der Waals surface area contributed by atoms with E-state index in [2.05, 4.69) is 200 Å². The van der Waals surface area contributed by atoms with E-state index in [1.54, 1.807) is 0 Å². The second-order valence-electron chi connectivity index (χ2n) is 15.8. The van der Waals surface area contributed by atoms with E-state index >= 15 is 0 Å². The van der Waals surface area contributed by atoms with E-state index in [0.29, 0.717) is 0 Å². The van der Waals surface area contributed by atoms with Gasteiger partial charge in [-0.2, -0.15) is 0 Å². The number of rotatable bonds is 5. The first kappa shape index (κ1) is 41.7. The van der Waals surface area contributed by atoms with Gasteiger partial charge in [-0.25, -0.2) is 0 Å². The van der Waals surface area contributed by atoms with Gasteiger partial charge in [0.2, 0.25) is 0 Å². The molecule has 10 rings (SSSR count). The van der Waals surface area contributed by atoms with Gasteiger partial charge in [0.25, 0.3) is 0 Å². The van der Waals surface area contributed by atoms with E-state index in [1.807, 2.05) is 18.2 Å². The monoisotopic (exact) mass is 823 g/mol. The number of hydrogen-bond acceptors (Lipinski definition) is 4. The summed E-state index contributed by atoms with van der Waals surface area (Å²) in [6.45, 7) is 7.02. The highest BCUT2D eigenvalue weighted by Gasteiger charge is 2.18. The van der Waals surface area contributed by atoms with Crippen molar-refractivity contribution in [3.63, 3.8) is 0 Å². The molecular formula is C58H49NO4. The number of phenolic OH excluding ortho intramolecular Hbond substituents is 4. The molecule has 5 heteroatoms. The summed E-state index contributed by atoms with van der Waals surface area (Å²) in [5.41, 5.74) is 16.0. The number of aryl methyl sites for hydroxylation is 2. The molecule has 0 unspecified atom stereocenters. The molecule has 0 spiro atoms. The van der Waals surface area contributed by atoms with Gasteiger partial charge in [0.1, 0.15) is 0 Å². The van der Waals surface area contributed by atoms with Gasteiger partial charge in [0, 0.05) is 27.6 Å². The van der Waals surface area contributed by atoms with Crippen LogP contribution in [-0.4, -0.2) is 25.0 Å². The topological polar surface area (TPSA) is 85.8 Å². The minimum atomic E-state index is -0.400. The second kappa shape index (κ2) is 18.3. The van der Waals surface area contributed by atoms with Crippen molar-refractivity contribution in [2.75, 3.05) is 0 Å². The first-order valence-electron chi connectivity index (χ1n) is 21.0. The Morgan fingerprint density at radius 3 is 1.24 bits per heavy atom. The fraction of sp³-hybridized carbons (Fsp3) is 0.0690. The minimum absolute atomic E-state index is 0.0654. The van der Waals surface area contributed by atoms with E-state index in [4.69, 9.17) is 0 Å². The van der Waals surface area contributed by atoms with Gasteiger partial charge in [0.15, 0.2) is 23.0 Å². The first-order valence-corrected chi connectivity index (χ1v) is 21.0. The molecule has 0 fully saturated rings. The lowest BCUT2D eigenvalue weighted by atomic mass is 9.93. The molecule has 1 heterocycles. The van der Waals surface area contributed by atoms with Crippen molar-refractivity contribution < 1.29 is 20.4 Å². The van der Waals surface area contributed by atoms with Crippen LogP contribution < -0.4 is 0 Å². The van der Waals surface area contributed by atoms with Gasteiger partial charge < -0.3 is 25.0 Å². The number of hydrogen-bond donors (Lipinski definition) is 4. The van der Waals surface area contributed by atoms with E-state index in [-0.39, 0.29) is 11.1 Å². The van der Waals surface area contributed by atoms with Crippen LogP contribution in [-0.2, 0) is 0 Å². The van der Waals surface area contributed by atoms with Crippen molar-refractivity contribution in [3.8, 4) is 73.2 Å². The zero-order chi connectivity index (χ0) is 44.0. The summed E-state index contributed by atoms with van der Waals surface area (Å²) in [6.07, 6.45) is 0. The Bertz CT molecular complexity index is 3030. The van der Waals surface area contributed by atoms with Crippen molar-refractivity contribution in [2.24, 2.45) is 0 Å². The Kier molecular flexibility index (Phi) is 12.1. The summed E-state index contributed by atoms with van der Waals surface area (Å²) in [5.74, 6) is -1.60. The van der Waals surface area contributed by atoms with Crippen LogP contribution in [0.1, 0.15) is 22.3 Å². The maximum absolute atomic E-state index is 9.17. The van der Waals surface area contributed by atoms with Crippen LogP contribution in [0.3, 0.4) is 0 Å². The van der Waals surface area contributed by atoms with Gasteiger partial charge >= 0.3 is 0 Å². The quantitative estimate of drug-likeness (QED) is 0.103. The summed E-state index contributed by atoms with van der Waals surface area (Å²) in [6, 6.07) is 71.9. The maximum atomic E-state index is 9.17. The normalized spacial score (nSPS) is 10.8. The molecule has 310 valence electrons. The SMILES string of the molecule is Cc1c(O)c(O)c(C)c(O)c1O.Cc1cccc(-c2ccccc2-c2ccc3c4ccccc4n(-c4cc(-c5ccccc5)cc(-c5ccccc5)c4)c3c2)c1.Cc1ccccc1. The highest BCUT2D eigenvalue weighted by Crippen LogP contribution is 2.45. The molecule has 0 amide bonds. The minimum Gasteiger partial charge on any atom is -0.504 e. The summed E-state index contributed by atoms with van der Waals surface area (Å²) in [7, 11) is 0. The molecule has 63 heavy (non-hydrogen) atoms. The van der Waals surface area contributed by atoms with Crippen LogP contribution in [0.4, 0.5) is 0 Å². The average molecular weight is 824 g/mol. The average Bonchev–Trinajstić information content (AvgIpc) is 3.67. The van der Waals surface area contributed by atoms with E-state index < -0.39 is 23.0 Å². The fourth-order valence-electron chi connectivity index (χ4n) is 8.02. The molecule has 0 aliphatic rings. The number of phenols is 4. The Labute approximate surface area is 368 Å². The Balaban J connectivity index is 0.000000237. The highest BCUT2D eigenvalue weighted by atomic mass is 16.3. The molecule has 0 bridgehead atoms. The van der Waals surface area contributed by atoms with Crippen LogP contribution in [0.2, 0.25) is 0 Å². The summed E-state index contributed by atoms with van der Waals surface area (Å²) < 4.78 is 2.45. The predicted octanol–water partition coefficient (Wildman–Crippen LogP) is 14.9. The van der Waals surface area contributed by atoms with E-state index in [0.717, 1.165) is 5.69 Å². The maximum Gasteiger partial charge on any atom is 0.164 e. The third-order valence-corrected chi connectivity index (χ3v) is 11.4. The van der Waals surface area contributed by atoms with Gasteiger partial charge in [-0.05, 0) is 103 Å². The lowest BCUT2D eigenvalue weighted by molar-refractivity contribution is 0.364. The van der Waals surface area contributed by atoms with Crippen molar-refractivity contribution in [3.05, 3.63) is 222 Å². The molecule has 4 N–H and O–H groups in total. The smallest absolute Gasteiger partial charge is 0.164 e. The Morgan fingerprint density at radius 2 is 0.730 bits per heavy atom. The van der Waals surface area contributed by atoms with Crippen LogP contribution >= 0.6 is 0 Å². The van der Waals surface area contributed by atoms with Gasteiger partial charge in [-0.1, -0.05) is 181 Å². The number of para-hydroxylation sites is 1. The third kappa shape index (κ3) is 8.77. The van der Waals surface area contributed by atoms with Gasteiger partial charge in [-0.3, -0.25) is 0 Å². The third-order valence-electron chi connectivity index (χ3n) is 11.4. The molecule has 9 aromatic carbocycles. The van der Waals surface area contributed by atoms with Crippen LogP contribution in [0.5, 0.6) is 23.0 Å². The molecule has 0 saturated carbocycles. The number of aromatic nitrogens is 1. The molecule has 0 aliphatic heterocycles. The Morgan fingerprint density at radius 1 is 0.302 bits per heavy atom. The molecule has 5 nitrogen and oxygen atoms in total. The zero-order valence-electron chi connectivity index (χ0n) is 35.8. The largest absolute Gasteiger partial charge is 0.504 e. The van der Waals surface area contributed by atoms with Crippen LogP contribution in [0.25, 0.3) is 72.0 Å². The Hall–Kier alpha value is -8.02. The number of aromatic hydroxyl groups is 4. The molecule has 0 radical (unpaired) electrons. The van der Waals surface area contributed by atoms with E-state index in [1.165, 1.54) is 91.3 Å². The van der Waals surface area contributed by atoms with Crippen molar-refractivity contribution >= 4 is 21.8 Å². The van der Waals surface area contributed by atoms with Crippen LogP contribution in [0, 0.1) is 27.7 Å². The van der Waals surface area contributed by atoms with Crippen LogP contribution in [0.15, 0.2) is 200 Å². The fourth-order valence-corrected chi connectivity index (χ4v) is 8.02. The first-order chi connectivity index (χ1) is 30.6. The summed E-state index contributed by atoms with van der Waals surface area (Å²) >= 11 is 0. The molecule has 0 atom stereocenters. The number of fused-ring (bicyclic) bond motifs is 3. The van der Waals surface area contributed by atoms with Crippen molar-refractivity contribution in [1.82, 2.24) is 4.57 Å². The highest BCUT2D eigenvalue weighted by molar-refractivity contribution is 6.10. The van der Waals surface area contributed by atoms with Gasteiger partial charge in [-0.15, -0.1) is 0 Å². The van der Waals surface area contributed by atoms with Crippen molar-refractivity contribution in [2.45, 2.75) is 27.7 Å². The van der Waals surface area contributed by atoms with Crippen molar-refractivity contribution in [1.29, 1.82) is 0 Å². The summed E-state index contributed by atoms with van der Waals surface area (Å²) in [5, 5.41) is 39.2. The molecule has 10 aromatic rings. The zero-order valence-corrected chi connectivity index (χ0v) is 35.8. The lowest BCUT2D eigenvalue weighted by Gasteiger charge is -2.15.